The predicted molar refractivity (Wildman–Crippen MR) is 118 cm³/mol. The van der Waals surface area contributed by atoms with Crippen LogP contribution in [-0.4, -0.2) is 24.5 Å². The minimum atomic E-state index is -0.601. The SMILES string of the molecule is CCOc1cccc([C@H]2CC(c3cccc(OC)c3)=N[C@@H](c3ccccc3F)N2)c1O. The van der Waals surface area contributed by atoms with E-state index in [1.165, 1.54) is 6.07 Å². The van der Waals surface area contributed by atoms with Crippen LogP contribution in [0.3, 0.4) is 0 Å². The third-order valence-electron chi connectivity index (χ3n) is 5.35. The van der Waals surface area contributed by atoms with Crippen LogP contribution in [0.4, 0.5) is 4.39 Å². The first-order valence-electron chi connectivity index (χ1n) is 10.3. The Balaban J connectivity index is 1.78. The molecule has 0 radical (unpaired) electrons. The number of benzene rings is 3. The van der Waals surface area contributed by atoms with Crippen molar-refractivity contribution in [3.8, 4) is 17.2 Å². The first-order valence-corrected chi connectivity index (χ1v) is 10.3. The highest BCUT2D eigenvalue weighted by atomic mass is 19.1. The molecule has 0 spiro atoms. The molecular weight excluding hydrogens is 395 g/mol. The van der Waals surface area contributed by atoms with E-state index in [0.29, 0.717) is 29.9 Å². The molecule has 2 atom stereocenters. The lowest BCUT2D eigenvalue weighted by atomic mass is 9.93. The number of nitrogens with one attached hydrogen (secondary N) is 1. The molecule has 31 heavy (non-hydrogen) atoms. The van der Waals surface area contributed by atoms with Crippen LogP contribution in [0.15, 0.2) is 71.7 Å². The fraction of sp³-hybridized carbons (Fsp3) is 0.240. The molecule has 0 aliphatic carbocycles. The van der Waals surface area contributed by atoms with Gasteiger partial charge in [-0.05, 0) is 36.8 Å². The van der Waals surface area contributed by atoms with Gasteiger partial charge in [0.2, 0.25) is 0 Å². The number of halogens is 1. The Morgan fingerprint density at radius 1 is 1.06 bits per heavy atom. The number of aromatic hydroxyl groups is 1. The number of rotatable bonds is 6. The van der Waals surface area contributed by atoms with Crippen molar-refractivity contribution in [2.24, 2.45) is 4.99 Å². The second-order valence-corrected chi connectivity index (χ2v) is 7.28. The number of nitrogens with zero attached hydrogens (tertiary/aromatic N) is 1. The minimum Gasteiger partial charge on any atom is -0.504 e. The lowest BCUT2D eigenvalue weighted by Crippen LogP contribution is -2.33. The van der Waals surface area contributed by atoms with Gasteiger partial charge in [-0.15, -0.1) is 0 Å². The zero-order valence-electron chi connectivity index (χ0n) is 17.5. The Bertz CT molecular complexity index is 1100. The van der Waals surface area contributed by atoms with Gasteiger partial charge < -0.3 is 14.6 Å². The molecule has 0 saturated heterocycles. The Labute approximate surface area is 181 Å². The summed E-state index contributed by atoms with van der Waals surface area (Å²) in [6.07, 6.45) is -0.0855. The summed E-state index contributed by atoms with van der Waals surface area (Å²) in [5, 5.41) is 14.2. The van der Waals surface area contributed by atoms with E-state index in [9.17, 15) is 9.50 Å². The van der Waals surface area contributed by atoms with Crippen molar-refractivity contribution in [2.75, 3.05) is 13.7 Å². The molecule has 5 nitrogen and oxygen atoms in total. The van der Waals surface area contributed by atoms with E-state index >= 15 is 0 Å². The summed E-state index contributed by atoms with van der Waals surface area (Å²) in [6.45, 7) is 2.32. The predicted octanol–water partition coefficient (Wildman–Crippen LogP) is 5.16. The number of methoxy groups -OCH3 is 1. The van der Waals surface area contributed by atoms with E-state index in [2.05, 4.69) is 5.32 Å². The zero-order chi connectivity index (χ0) is 21.8. The summed E-state index contributed by atoms with van der Waals surface area (Å²) in [7, 11) is 1.62. The normalized spacial score (nSPS) is 18.4. The number of hydrogen-bond acceptors (Lipinski definition) is 5. The van der Waals surface area contributed by atoms with Crippen LogP contribution < -0.4 is 14.8 Å². The molecule has 160 valence electrons. The summed E-state index contributed by atoms with van der Waals surface area (Å²) in [5.41, 5.74) is 2.83. The minimum absolute atomic E-state index is 0.0843. The van der Waals surface area contributed by atoms with Gasteiger partial charge in [-0.2, -0.15) is 0 Å². The summed E-state index contributed by atoms with van der Waals surface area (Å²) < 4.78 is 25.5. The molecule has 4 rings (SSSR count). The maximum absolute atomic E-state index is 14.6. The van der Waals surface area contributed by atoms with Gasteiger partial charge in [0, 0.05) is 29.3 Å². The average molecular weight is 420 g/mol. The number of ether oxygens (including phenoxy) is 2. The van der Waals surface area contributed by atoms with Gasteiger partial charge in [0.1, 0.15) is 17.7 Å². The van der Waals surface area contributed by atoms with E-state index in [0.717, 1.165) is 17.0 Å². The molecule has 1 heterocycles. The third kappa shape index (κ3) is 4.39. The van der Waals surface area contributed by atoms with Gasteiger partial charge >= 0.3 is 0 Å². The van der Waals surface area contributed by atoms with E-state index in [1.807, 2.05) is 43.3 Å². The van der Waals surface area contributed by atoms with E-state index in [-0.39, 0.29) is 17.6 Å². The van der Waals surface area contributed by atoms with Gasteiger partial charge in [-0.3, -0.25) is 10.3 Å². The molecule has 1 aliphatic rings. The number of phenolic OH excluding ortho intramolecular Hbond substituents is 1. The maximum Gasteiger partial charge on any atom is 0.162 e. The molecule has 3 aromatic rings. The third-order valence-corrected chi connectivity index (χ3v) is 5.35. The Kier molecular flexibility index (Phi) is 6.18. The maximum atomic E-state index is 14.6. The van der Waals surface area contributed by atoms with Gasteiger partial charge in [0.25, 0.3) is 0 Å². The van der Waals surface area contributed by atoms with E-state index in [1.54, 1.807) is 31.4 Å². The molecule has 0 bridgehead atoms. The summed E-state index contributed by atoms with van der Waals surface area (Å²) in [6, 6.07) is 19.4. The van der Waals surface area contributed by atoms with Crippen LogP contribution in [0.5, 0.6) is 17.2 Å². The van der Waals surface area contributed by atoms with Crippen LogP contribution in [0.1, 0.15) is 42.2 Å². The lowest BCUT2D eigenvalue weighted by molar-refractivity contribution is 0.313. The second-order valence-electron chi connectivity index (χ2n) is 7.28. The molecule has 1 aliphatic heterocycles. The Hall–Kier alpha value is -3.38. The van der Waals surface area contributed by atoms with Crippen molar-refractivity contribution >= 4 is 5.71 Å². The summed E-state index contributed by atoms with van der Waals surface area (Å²) >= 11 is 0. The number of phenols is 1. The van der Waals surface area contributed by atoms with Gasteiger partial charge in [0.15, 0.2) is 11.5 Å². The molecule has 0 fully saturated rings. The summed E-state index contributed by atoms with van der Waals surface area (Å²) in [4.78, 5) is 4.82. The fourth-order valence-electron chi connectivity index (χ4n) is 3.83. The molecule has 0 amide bonds. The van der Waals surface area contributed by atoms with Crippen LogP contribution in [-0.2, 0) is 0 Å². The monoisotopic (exact) mass is 420 g/mol. The molecule has 0 saturated carbocycles. The Morgan fingerprint density at radius 2 is 1.84 bits per heavy atom. The standard InChI is InChI=1S/C25H25FN2O3/c1-3-31-23-13-7-11-19(24(23)29)22-15-21(16-8-6-9-17(14-16)30-2)27-25(28-22)18-10-4-5-12-20(18)26/h4-14,22,25,28-29H,3,15H2,1-2H3/t22-,25-/m1/s1. The van der Waals surface area contributed by atoms with Crippen LogP contribution in [0.25, 0.3) is 0 Å². The van der Waals surface area contributed by atoms with Gasteiger partial charge in [-0.25, -0.2) is 4.39 Å². The van der Waals surface area contributed by atoms with Crippen molar-refractivity contribution in [2.45, 2.75) is 25.6 Å². The first kappa shape index (κ1) is 20.9. The first-order chi connectivity index (χ1) is 15.1. The molecular formula is C25H25FN2O3. The van der Waals surface area contributed by atoms with Crippen molar-refractivity contribution in [3.63, 3.8) is 0 Å². The van der Waals surface area contributed by atoms with Gasteiger partial charge in [-0.1, -0.05) is 42.5 Å². The van der Waals surface area contributed by atoms with Crippen molar-refractivity contribution in [1.29, 1.82) is 0 Å². The largest absolute Gasteiger partial charge is 0.504 e. The number of para-hydroxylation sites is 1. The smallest absolute Gasteiger partial charge is 0.162 e. The van der Waals surface area contributed by atoms with Crippen LogP contribution in [0.2, 0.25) is 0 Å². The van der Waals surface area contributed by atoms with Crippen LogP contribution >= 0.6 is 0 Å². The lowest BCUT2D eigenvalue weighted by Gasteiger charge is -2.31. The highest BCUT2D eigenvalue weighted by Gasteiger charge is 2.29. The van der Waals surface area contributed by atoms with Crippen molar-refractivity contribution in [3.05, 3.63) is 89.2 Å². The molecule has 0 aromatic heterocycles. The average Bonchev–Trinajstić information content (AvgIpc) is 2.80. The summed E-state index contributed by atoms with van der Waals surface area (Å²) in [5.74, 6) is 0.899. The van der Waals surface area contributed by atoms with Crippen molar-refractivity contribution in [1.82, 2.24) is 5.32 Å². The molecule has 3 aromatic carbocycles. The van der Waals surface area contributed by atoms with E-state index < -0.39 is 6.17 Å². The second kappa shape index (κ2) is 9.18. The highest BCUT2D eigenvalue weighted by Crippen LogP contribution is 2.39. The fourth-order valence-corrected chi connectivity index (χ4v) is 3.83. The Morgan fingerprint density at radius 3 is 2.61 bits per heavy atom. The highest BCUT2D eigenvalue weighted by molar-refractivity contribution is 6.02. The molecule has 0 unspecified atom stereocenters. The molecule has 2 N–H and O–H groups in total. The number of aliphatic imine (C=N–C) groups is 1. The molecule has 6 heteroatoms. The number of hydrogen-bond donors (Lipinski definition) is 2. The van der Waals surface area contributed by atoms with Crippen LogP contribution in [0, 0.1) is 5.82 Å². The van der Waals surface area contributed by atoms with Crippen molar-refractivity contribution < 1.29 is 19.0 Å². The topological polar surface area (TPSA) is 63.1 Å². The van der Waals surface area contributed by atoms with E-state index in [4.69, 9.17) is 14.5 Å². The zero-order valence-corrected chi connectivity index (χ0v) is 17.5. The quantitative estimate of drug-likeness (QED) is 0.578. The van der Waals surface area contributed by atoms with Gasteiger partial charge in [0.05, 0.1) is 13.7 Å².